The normalized spacial score (nSPS) is 24.5. The van der Waals surface area contributed by atoms with Gasteiger partial charge >= 0.3 is 6.03 Å². The number of pyridine rings is 1. The van der Waals surface area contributed by atoms with Gasteiger partial charge < -0.3 is 9.64 Å². The zero-order valence-electron chi connectivity index (χ0n) is 19.6. The van der Waals surface area contributed by atoms with Crippen LogP contribution in [0, 0.1) is 34.4 Å². The Morgan fingerprint density at radius 2 is 2.03 bits per heavy atom. The molecule has 3 aliphatic rings. The van der Waals surface area contributed by atoms with Gasteiger partial charge in [0.15, 0.2) is 11.6 Å². The van der Waals surface area contributed by atoms with Crippen molar-refractivity contribution in [1.29, 1.82) is 10.5 Å². The number of hydrogen-bond acceptors (Lipinski definition) is 8. The number of halogens is 1. The quantitative estimate of drug-likeness (QED) is 0.518. The molecular weight excluding hydrogens is 497 g/mol. The fourth-order valence-electron chi connectivity index (χ4n) is 5.02. The Bertz CT molecular complexity index is 1620. The Labute approximate surface area is 214 Å². The summed E-state index contributed by atoms with van der Waals surface area (Å²) in [6.07, 6.45) is 6.93. The van der Waals surface area contributed by atoms with Gasteiger partial charge in [0.1, 0.15) is 5.25 Å². The van der Waals surface area contributed by atoms with Crippen molar-refractivity contribution in [2.75, 3.05) is 12.0 Å². The van der Waals surface area contributed by atoms with Crippen LogP contribution in [0.2, 0.25) is 0 Å². The molecule has 10 nitrogen and oxygen atoms in total. The molecule has 6 rings (SSSR count). The van der Waals surface area contributed by atoms with Crippen molar-refractivity contribution in [3.05, 3.63) is 53.7 Å². The number of urea groups is 1. The standard InChI is InChI=1S/C25H18FN7O3S/c1-31-22-14(10-30-31)9-29-11-19(22)33-24(34)23-18(32(25(33)35)17-4-13(17)8-28)6-21(37-23)15-5-20(36-2)16(26)3-12(15)7-27/h3,5-6,9-11,13,17-18,23H,4H2,1-2H3/t13-,17?,18?,23?/m1/s1. The van der Waals surface area contributed by atoms with E-state index < -0.39 is 29.0 Å². The summed E-state index contributed by atoms with van der Waals surface area (Å²) in [5.41, 5.74) is 1.38. The number of thioether (sulfide) groups is 1. The van der Waals surface area contributed by atoms with Crippen LogP contribution >= 0.6 is 11.8 Å². The van der Waals surface area contributed by atoms with Gasteiger partial charge in [0.25, 0.3) is 5.91 Å². The first-order valence-electron chi connectivity index (χ1n) is 11.4. The number of methoxy groups -OCH3 is 1. The van der Waals surface area contributed by atoms with E-state index in [1.165, 1.54) is 31.1 Å². The van der Waals surface area contributed by atoms with Crippen molar-refractivity contribution in [1.82, 2.24) is 19.7 Å². The highest BCUT2D eigenvalue weighted by Gasteiger charge is 2.57. The number of imide groups is 1. The average molecular weight is 516 g/mol. The molecule has 37 heavy (non-hydrogen) atoms. The molecule has 1 aromatic carbocycles. The number of amides is 3. The Hall–Kier alpha value is -4.42. The maximum Gasteiger partial charge on any atom is 0.332 e. The third-order valence-electron chi connectivity index (χ3n) is 6.90. The maximum absolute atomic E-state index is 14.3. The fourth-order valence-corrected chi connectivity index (χ4v) is 6.37. The Balaban J connectivity index is 1.47. The Morgan fingerprint density at radius 1 is 1.22 bits per heavy atom. The lowest BCUT2D eigenvalue weighted by molar-refractivity contribution is -0.119. The van der Waals surface area contributed by atoms with E-state index in [1.54, 1.807) is 35.1 Å². The third kappa shape index (κ3) is 3.37. The molecule has 12 heteroatoms. The minimum absolute atomic E-state index is 0.0352. The van der Waals surface area contributed by atoms with E-state index in [-0.39, 0.29) is 23.3 Å². The molecule has 3 amide bonds. The van der Waals surface area contributed by atoms with E-state index in [4.69, 9.17) is 4.74 Å². The van der Waals surface area contributed by atoms with Gasteiger partial charge in [0.05, 0.1) is 66.4 Å². The van der Waals surface area contributed by atoms with Gasteiger partial charge in [-0.3, -0.25) is 14.5 Å². The lowest BCUT2D eigenvalue weighted by Gasteiger charge is -2.41. The number of aryl methyl sites for hydroxylation is 1. The van der Waals surface area contributed by atoms with Crippen LogP contribution in [0.3, 0.4) is 0 Å². The lowest BCUT2D eigenvalue weighted by Crippen LogP contribution is -2.63. The number of hydrogen-bond donors (Lipinski definition) is 0. The summed E-state index contributed by atoms with van der Waals surface area (Å²) in [7, 11) is 3.04. The minimum Gasteiger partial charge on any atom is -0.494 e. The molecule has 1 saturated carbocycles. The molecule has 3 unspecified atom stereocenters. The van der Waals surface area contributed by atoms with Crippen LogP contribution in [-0.2, 0) is 11.8 Å². The number of nitrogens with zero attached hydrogens (tertiary/aromatic N) is 7. The zero-order valence-corrected chi connectivity index (χ0v) is 20.4. The Kier molecular flexibility index (Phi) is 5.17. The SMILES string of the molecule is COc1cc(C2=CC3C(S2)C(=O)N(c2cncc4cnn(C)c24)C(=O)N3C2C[C@@H]2C#N)c(C#N)cc1F. The first-order valence-corrected chi connectivity index (χ1v) is 12.2. The molecule has 0 bridgehead atoms. The molecule has 0 radical (unpaired) electrons. The van der Waals surface area contributed by atoms with Crippen molar-refractivity contribution in [3.8, 4) is 17.9 Å². The van der Waals surface area contributed by atoms with Crippen LogP contribution in [0.1, 0.15) is 17.5 Å². The van der Waals surface area contributed by atoms with Crippen LogP contribution < -0.4 is 9.64 Å². The highest BCUT2D eigenvalue weighted by atomic mass is 32.2. The van der Waals surface area contributed by atoms with Crippen LogP contribution in [0.5, 0.6) is 5.75 Å². The van der Waals surface area contributed by atoms with E-state index >= 15 is 0 Å². The number of rotatable bonds is 4. The molecule has 2 aromatic heterocycles. The number of carbonyl (C=O) groups excluding carboxylic acids is 2. The number of benzene rings is 1. The molecule has 3 aromatic rings. The summed E-state index contributed by atoms with van der Waals surface area (Å²) >= 11 is 1.20. The Morgan fingerprint density at radius 3 is 2.73 bits per heavy atom. The average Bonchev–Trinajstić information content (AvgIpc) is 3.36. The summed E-state index contributed by atoms with van der Waals surface area (Å²) in [5, 5.41) is 23.3. The van der Waals surface area contributed by atoms with Gasteiger partial charge in [-0.1, -0.05) is 0 Å². The number of fused-ring (bicyclic) bond motifs is 2. The summed E-state index contributed by atoms with van der Waals surface area (Å²) in [4.78, 5) is 35.3. The largest absolute Gasteiger partial charge is 0.494 e. The monoisotopic (exact) mass is 515 g/mol. The second kappa shape index (κ2) is 8.32. The molecule has 4 atom stereocenters. The number of ether oxygens (including phenoxy) is 1. The van der Waals surface area contributed by atoms with Crippen LogP contribution in [-0.4, -0.2) is 56.0 Å². The summed E-state index contributed by atoms with van der Waals surface area (Å²) in [5.74, 6) is -1.49. The zero-order chi connectivity index (χ0) is 26.0. The molecule has 2 aliphatic heterocycles. The van der Waals surface area contributed by atoms with Crippen LogP contribution in [0.4, 0.5) is 14.9 Å². The van der Waals surface area contributed by atoms with Crippen molar-refractivity contribution >= 4 is 45.2 Å². The van der Waals surface area contributed by atoms with E-state index in [0.717, 1.165) is 11.0 Å². The topological polar surface area (TPSA) is 128 Å². The smallest absolute Gasteiger partial charge is 0.332 e. The summed E-state index contributed by atoms with van der Waals surface area (Å²) in [6, 6.07) is 5.20. The van der Waals surface area contributed by atoms with E-state index in [9.17, 15) is 24.5 Å². The second-order valence-corrected chi connectivity index (χ2v) is 10.2. The van der Waals surface area contributed by atoms with Gasteiger partial charge in [0, 0.05) is 29.1 Å². The van der Waals surface area contributed by atoms with Crippen molar-refractivity contribution < 1.29 is 18.7 Å². The highest BCUT2D eigenvalue weighted by molar-refractivity contribution is 8.09. The number of nitriles is 2. The van der Waals surface area contributed by atoms with Gasteiger partial charge in [-0.2, -0.15) is 15.6 Å². The third-order valence-corrected chi connectivity index (χ3v) is 8.25. The molecule has 4 heterocycles. The van der Waals surface area contributed by atoms with Gasteiger partial charge in [-0.25, -0.2) is 14.1 Å². The predicted molar refractivity (Wildman–Crippen MR) is 132 cm³/mol. The summed E-state index contributed by atoms with van der Waals surface area (Å²) < 4.78 is 21.0. The number of anilines is 1. The van der Waals surface area contributed by atoms with Gasteiger partial charge in [-0.05, 0) is 24.6 Å². The molecule has 1 saturated heterocycles. The van der Waals surface area contributed by atoms with Crippen molar-refractivity contribution in [3.63, 3.8) is 0 Å². The van der Waals surface area contributed by atoms with Gasteiger partial charge in [0.2, 0.25) is 0 Å². The molecular formula is C25H18FN7O3S. The predicted octanol–water partition coefficient (Wildman–Crippen LogP) is 3.19. The fraction of sp³-hybridized carbons (Fsp3) is 0.280. The van der Waals surface area contributed by atoms with Crippen LogP contribution in [0.25, 0.3) is 15.8 Å². The first kappa shape index (κ1) is 23.0. The molecule has 184 valence electrons. The molecule has 0 spiro atoms. The number of aromatic nitrogens is 3. The maximum atomic E-state index is 14.3. The minimum atomic E-state index is -0.737. The van der Waals surface area contributed by atoms with E-state index in [1.807, 2.05) is 6.07 Å². The molecule has 2 fully saturated rings. The lowest BCUT2D eigenvalue weighted by atomic mass is 10.0. The molecule has 0 N–H and O–H groups in total. The summed E-state index contributed by atoms with van der Waals surface area (Å²) in [6.45, 7) is 0. The van der Waals surface area contributed by atoms with Crippen LogP contribution in [0.15, 0.2) is 36.8 Å². The van der Waals surface area contributed by atoms with E-state index in [0.29, 0.717) is 33.5 Å². The highest BCUT2D eigenvalue weighted by Crippen LogP contribution is 2.50. The second-order valence-electron chi connectivity index (χ2n) is 8.97. The van der Waals surface area contributed by atoms with Crippen molar-refractivity contribution in [2.45, 2.75) is 23.8 Å². The number of carbonyl (C=O) groups is 2. The van der Waals surface area contributed by atoms with Crippen molar-refractivity contribution in [2.24, 2.45) is 13.0 Å². The molecule has 1 aliphatic carbocycles. The first-order chi connectivity index (χ1) is 17.9. The van der Waals surface area contributed by atoms with Gasteiger partial charge in [-0.15, -0.1) is 11.8 Å². The van der Waals surface area contributed by atoms with E-state index in [2.05, 4.69) is 16.2 Å².